The van der Waals surface area contributed by atoms with Crippen molar-refractivity contribution in [2.24, 2.45) is 0 Å². The van der Waals surface area contributed by atoms with Gasteiger partial charge in [-0.05, 0) is 25.1 Å². The van der Waals surface area contributed by atoms with Crippen molar-refractivity contribution in [3.05, 3.63) is 29.0 Å². The van der Waals surface area contributed by atoms with Crippen LogP contribution in [-0.4, -0.2) is 29.3 Å². The summed E-state index contributed by atoms with van der Waals surface area (Å²) in [6.07, 6.45) is 0. The lowest BCUT2D eigenvalue weighted by atomic mass is 10.1. The number of benzene rings is 1. The van der Waals surface area contributed by atoms with E-state index >= 15 is 0 Å². The summed E-state index contributed by atoms with van der Waals surface area (Å²) < 4.78 is 5.11. The highest BCUT2D eigenvalue weighted by Crippen LogP contribution is 2.32. The van der Waals surface area contributed by atoms with Crippen LogP contribution in [0.2, 0.25) is 5.02 Å². The monoisotopic (exact) mass is 264 g/mol. The smallest absolute Gasteiger partial charge is 0.156 e. The molecule has 94 valence electrons. The second-order valence-corrected chi connectivity index (χ2v) is 4.06. The summed E-state index contributed by atoms with van der Waals surface area (Å²) in [5, 5.41) is 11.6. The first kappa shape index (κ1) is 12.6. The van der Waals surface area contributed by atoms with E-state index in [4.69, 9.17) is 16.3 Å². The molecule has 0 bridgehead atoms. The second kappa shape index (κ2) is 5.18. The van der Waals surface area contributed by atoms with Crippen LogP contribution in [0.3, 0.4) is 0 Å². The fourth-order valence-electron chi connectivity index (χ4n) is 1.58. The zero-order valence-corrected chi connectivity index (χ0v) is 11.1. The Labute approximate surface area is 110 Å². The first-order chi connectivity index (χ1) is 8.65. The third-order valence-electron chi connectivity index (χ3n) is 2.46. The number of anilines is 1. The largest absolute Gasteiger partial charge is 0.497 e. The highest BCUT2D eigenvalue weighted by molar-refractivity contribution is 6.33. The van der Waals surface area contributed by atoms with Gasteiger partial charge in [-0.15, -0.1) is 10.2 Å². The van der Waals surface area contributed by atoms with Crippen molar-refractivity contribution in [1.29, 1.82) is 0 Å². The molecule has 5 nitrogen and oxygen atoms in total. The van der Waals surface area contributed by atoms with Gasteiger partial charge in [-0.25, -0.2) is 4.98 Å². The number of nitrogens with zero attached hydrogens (tertiary/aromatic N) is 3. The molecule has 18 heavy (non-hydrogen) atoms. The molecule has 2 aromatic rings. The summed E-state index contributed by atoms with van der Waals surface area (Å²) in [5.41, 5.74) is 1.39. The number of rotatable bonds is 3. The van der Waals surface area contributed by atoms with E-state index in [1.807, 2.05) is 12.1 Å². The molecule has 0 unspecified atom stereocenters. The second-order valence-electron chi connectivity index (χ2n) is 3.65. The minimum Gasteiger partial charge on any atom is -0.497 e. The van der Waals surface area contributed by atoms with E-state index in [0.717, 1.165) is 5.56 Å². The Morgan fingerprint density at radius 3 is 2.67 bits per heavy atom. The molecule has 0 amide bonds. The maximum absolute atomic E-state index is 6.21. The van der Waals surface area contributed by atoms with Crippen LogP contribution < -0.4 is 10.1 Å². The van der Waals surface area contributed by atoms with Gasteiger partial charge in [0.05, 0.1) is 12.1 Å². The topological polar surface area (TPSA) is 59.9 Å². The highest BCUT2D eigenvalue weighted by Gasteiger charge is 2.12. The Hall–Kier alpha value is -1.88. The van der Waals surface area contributed by atoms with Gasteiger partial charge in [-0.2, -0.15) is 0 Å². The van der Waals surface area contributed by atoms with E-state index in [-0.39, 0.29) is 0 Å². The fraction of sp³-hybridized carbons (Fsp3) is 0.250. The summed E-state index contributed by atoms with van der Waals surface area (Å²) in [6, 6.07) is 5.39. The molecule has 0 aliphatic heterocycles. The zero-order chi connectivity index (χ0) is 13.1. The number of aryl methyl sites for hydroxylation is 1. The zero-order valence-electron chi connectivity index (χ0n) is 10.4. The number of methoxy groups -OCH3 is 1. The van der Waals surface area contributed by atoms with Crippen LogP contribution in [0.4, 0.5) is 5.82 Å². The molecular formula is C12H13ClN4O. The van der Waals surface area contributed by atoms with Crippen LogP contribution in [0.25, 0.3) is 11.3 Å². The van der Waals surface area contributed by atoms with Gasteiger partial charge in [0.2, 0.25) is 0 Å². The fourth-order valence-corrected chi connectivity index (χ4v) is 1.84. The Balaban J connectivity index is 2.54. The Kier molecular flexibility index (Phi) is 3.62. The van der Waals surface area contributed by atoms with E-state index < -0.39 is 0 Å². The minimum absolute atomic E-state index is 0.547. The van der Waals surface area contributed by atoms with Gasteiger partial charge in [0.1, 0.15) is 17.3 Å². The quantitative estimate of drug-likeness (QED) is 0.923. The van der Waals surface area contributed by atoms with Crippen molar-refractivity contribution in [2.75, 3.05) is 19.5 Å². The highest BCUT2D eigenvalue weighted by atomic mass is 35.5. The molecule has 0 saturated carbocycles. The molecule has 0 saturated heterocycles. The molecular weight excluding hydrogens is 252 g/mol. The molecule has 0 aliphatic rings. The van der Waals surface area contributed by atoms with Gasteiger partial charge in [0.25, 0.3) is 0 Å². The van der Waals surface area contributed by atoms with Crippen LogP contribution in [0.1, 0.15) is 5.82 Å². The molecule has 1 aromatic heterocycles. The minimum atomic E-state index is 0.547. The number of hydrogen-bond donors (Lipinski definition) is 1. The van der Waals surface area contributed by atoms with Crippen molar-refractivity contribution < 1.29 is 4.74 Å². The Morgan fingerprint density at radius 1 is 1.28 bits per heavy atom. The molecule has 0 radical (unpaired) electrons. The average Bonchev–Trinajstić information content (AvgIpc) is 2.39. The molecule has 0 fully saturated rings. The number of aromatic nitrogens is 3. The summed E-state index contributed by atoms with van der Waals surface area (Å²) in [7, 11) is 3.38. The van der Waals surface area contributed by atoms with E-state index in [1.54, 1.807) is 27.1 Å². The number of hydrogen-bond acceptors (Lipinski definition) is 5. The summed E-state index contributed by atoms with van der Waals surface area (Å²) >= 11 is 6.21. The lowest BCUT2D eigenvalue weighted by Gasteiger charge is -2.09. The summed E-state index contributed by atoms with van der Waals surface area (Å²) in [4.78, 5) is 4.28. The van der Waals surface area contributed by atoms with E-state index in [1.165, 1.54) is 0 Å². The molecule has 0 atom stereocenters. The van der Waals surface area contributed by atoms with Crippen LogP contribution in [0.5, 0.6) is 5.75 Å². The Bertz CT molecular complexity index is 574. The Morgan fingerprint density at radius 2 is 2.06 bits per heavy atom. The molecule has 2 rings (SSSR count). The normalized spacial score (nSPS) is 10.2. The van der Waals surface area contributed by atoms with Crippen molar-refractivity contribution in [2.45, 2.75) is 6.92 Å². The van der Waals surface area contributed by atoms with E-state index in [0.29, 0.717) is 28.1 Å². The maximum Gasteiger partial charge on any atom is 0.156 e. The van der Waals surface area contributed by atoms with Gasteiger partial charge in [0.15, 0.2) is 5.82 Å². The SMILES string of the molecule is CNc1nc(C)nnc1-c1ccc(OC)cc1Cl. The van der Waals surface area contributed by atoms with Gasteiger partial charge in [-0.3, -0.25) is 0 Å². The van der Waals surface area contributed by atoms with Crippen LogP contribution in [-0.2, 0) is 0 Å². The van der Waals surface area contributed by atoms with Gasteiger partial charge >= 0.3 is 0 Å². The van der Waals surface area contributed by atoms with Crippen molar-refractivity contribution in [3.8, 4) is 17.0 Å². The first-order valence-electron chi connectivity index (χ1n) is 5.38. The summed E-state index contributed by atoms with van der Waals surface area (Å²) in [6.45, 7) is 1.78. The number of nitrogens with one attached hydrogen (secondary N) is 1. The van der Waals surface area contributed by atoms with Gasteiger partial charge < -0.3 is 10.1 Å². The third-order valence-corrected chi connectivity index (χ3v) is 2.77. The molecule has 1 aromatic carbocycles. The van der Waals surface area contributed by atoms with Gasteiger partial charge in [0, 0.05) is 12.6 Å². The lowest BCUT2D eigenvalue weighted by Crippen LogP contribution is -2.03. The van der Waals surface area contributed by atoms with Crippen LogP contribution in [0, 0.1) is 6.92 Å². The van der Waals surface area contributed by atoms with Gasteiger partial charge in [-0.1, -0.05) is 11.6 Å². The van der Waals surface area contributed by atoms with Crippen molar-refractivity contribution in [3.63, 3.8) is 0 Å². The maximum atomic E-state index is 6.21. The van der Waals surface area contributed by atoms with E-state index in [9.17, 15) is 0 Å². The van der Waals surface area contributed by atoms with Crippen molar-refractivity contribution in [1.82, 2.24) is 15.2 Å². The van der Waals surface area contributed by atoms with Crippen molar-refractivity contribution >= 4 is 17.4 Å². The number of ether oxygens (including phenoxy) is 1. The molecule has 6 heteroatoms. The first-order valence-corrected chi connectivity index (χ1v) is 5.76. The lowest BCUT2D eigenvalue weighted by molar-refractivity contribution is 0.415. The third kappa shape index (κ3) is 2.36. The number of halogens is 1. The van der Waals surface area contributed by atoms with E-state index in [2.05, 4.69) is 20.5 Å². The van der Waals surface area contributed by atoms with Crippen LogP contribution in [0.15, 0.2) is 18.2 Å². The molecule has 1 heterocycles. The molecule has 0 spiro atoms. The predicted octanol–water partition coefficient (Wildman–Crippen LogP) is 2.55. The van der Waals surface area contributed by atoms with Crippen LogP contribution >= 0.6 is 11.6 Å². The molecule has 0 aliphatic carbocycles. The predicted molar refractivity (Wildman–Crippen MR) is 71.1 cm³/mol. The average molecular weight is 265 g/mol. The summed E-state index contributed by atoms with van der Waals surface area (Å²) in [5.74, 6) is 1.95. The molecule has 1 N–H and O–H groups in total. The standard InChI is InChI=1S/C12H13ClN4O/c1-7-15-12(14-2)11(17-16-7)9-5-4-8(18-3)6-10(9)13/h4-6H,1-3H3,(H,14,15,16).